The van der Waals surface area contributed by atoms with Crippen molar-refractivity contribution in [2.24, 2.45) is 0 Å². The Morgan fingerprint density at radius 1 is 0.677 bits per heavy atom. The van der Waals surface area contributed by atoms with Crippen LogP contribution in [0.1, 0.15) is 32.4 Å². The molecule has 2 aromatic heterocycles. The van der Waals surface area contributed by atoms with Crippen LogP contribution < -0.4 is 16.4 Å². The summed E-state index contributed by atoms with van der Waals surface area (Å²) in [5, 5.41) is 0. The molecule has 0 fully saturated rings. The third-order valence-electron chi connectivity index (χ3n) is 7.15. The number of carbonyl (C=O) groups excluding carboxylic acids is 2. The first-order valence-electron chi connectivity index (χ1n) is 10.3. The van der Waals surface area contributed by atoms with Crippen molar-refractivity contribution in [3.63, 3.8) is 0 Å². The highest BCUT2D eigenvalue weighted by atomic mass is 16.2. The van der Waals surface area contributed by atoms with Gasteiger partial charge in [-0.2, -0.15) is 0 Å². The first-order chi connectivity index (χ1) is 15.1. The fourth-order valence-electron chi connectivity index (χ4n) is 6.09. The van der Waals surface area contributed by atoms with Gasteiger partial charge in [0, 0.05) is 22.5 Å². The molecule has 8 rings (SSSR count). The molecule has 31 heavy (non-hydrogen) atoms. The van der Waals surface area contributed by atoms with E-state index in [1.807, 2.05) is 26.0 Å². The second-order valence-electron chi connectivity index (χ2n) is 8.58. The van der Waals surface area contributed by atoms with Crippen molar-refractivity contribution in [2.45, 2.75) is 13.8 Å². The van der Waals surface area contributed by atoms with Gasteiger partial charge in [0.05, 0.1) is 22.1 Å². The van der Waals surface area contributed by atoms with Crippen LogP contribution in [0.15, 0.2) is 42.5 Å². The molecule has 0 saturated heterocycles. The van der Waals surface area contributed by atoms with E-state index in [-0.39, 0.29) is 6.71 Å². The maximum absolute atomic E-state index is 13.4. The molecule has 0 spiro atoms. The van der Waals surface area contributed by atoms with Crippen molar-refractivity contribution in [1.29, 1.82) is 0 Å². The molecule has 7 heteroatoms. The lowest BCUT2D eigenvalue weighted by Gasteiger charge is -2.33. The van der Waals surface area contributed by atoms with Crippen LogP contribution in [0.4, 0.5) is 0 Å². The molecular formula is C24H13BN4O2. The van der Waals surface area contributed by atoms with Crippen molar-refractivity contribution >= 4 is 56.7 Å². The van der Waals surface area contributed by atoms with Crippen LogP contribution in [0, 0.1) is 13.8 Å². The second-order valence-corrected chi connectivity index (χ2v) is 8.58. The van der Waals surface area contributed by atoms with Gasteiger partial charge in [0.2, 0.25) is 11.6 Å². The van der Waals surface area contributed by atoms with E-state index in [9.17, 15) is 9.59 Å². The highest BCUT2D eigenvalue weighted by Gasteiger charge is 2.47. The second kappa shape index (κ2) is 4.67. The quantitative estimate of drug-likeness (QED) is 0.286. The van der Waals surface area contributed by atoms with Gasteiger partial charge in [0.15, 0.2) is 0 Å². The van der Waals surface area contributed by atoms with Gasteiger partial charge in [-0.3, -0.25) is 18.7 Å². The van der Waals surface area contributed by atoms with Crippen LogP contribution in [0.3, 0.4) is 0 Å². The molecule has 3 aliphatic rings. The van der Waals surface area contributed by atoms with Gasteiger partial charge in [0.25, 0.3) is 6.71 Å². The first-order valence-corrected chi connectivity index (χ1v) is 10.3. The number of carbonyl (C=O) groups is 2. The monoisotopic (exact) mass is 400 g/mol. The Bertz CT molecular complexity index is 1630. The summed E-state index contributed by atoms with van der Waals surface area (Å²) in [6.45, 7) is 3.77. The summed E-state index contributed by atoms with van der Waals surface area (Å²) < 4.78 is 4.29. The molecule has 0 saturated carbocycles. The smallest absolute Gasteiger partial charge is 0.254 e. The number of fused-ring (bicyclic) bond motifs is 2. The lowest BCUT2D eigenvalue weighted by molar-refractivity contribution is 0.0818. The number of aromatic nitrogens is 4. The minimum atomic E-state index is -0.448. The summed E-state index contributed by atoms with van der Waals surface area (Å²) >= 11 is 0. The molecule has 0 unspecified atom stereocenters. The van der Waals surface area contributed by atoms with E-state index in [1.54, 1.807) is 12.1 Å². The lowest BCUT2D eigenvalue weighted by Crippen LogP contribution is -2.60. The normalized spacial score (nSPS) is 14.8. The maximum Gasteiger partial charge on any atom is 0.254 e. The molecule has 3 aliphatic heterocycles. The molecule has 5 aromatic rings. The molecule has 0 N–H and O–H groups in total. The van der Waals surface area contributed by atoms with Crippen molar-refractivity contribution in [2.75, 3.05) is 0 Å². The van der Waals surface area contributed by atoms with E-state index in [0.29, 0.717) is 11.1 Å². The van der Waals surface area contributed by atoms with Gasteiger partial charge in [-0.1, -0.05) is 6.07 Å². The number of hydrogen-bond donors (Lipinski definition) is 0. The SMILES string of the molecule is Cc1nc2ccc3c4c2n1-c1cccc2c1B4c1c(ccc4nc(C)n-2c14)C(=O)C3=O. The largest absolute Gasteiger partial charge is 0.297 e. The average Bonchev–Trinajstić information content (AvgIpc) is 3.26. The summed E-state index contributed by atoms with van der Waals surface area (Å²) in [6.07, 6.45) is 0. The number of ketones is 2. The number of nitrogens with zero attached hydrogens (tertiary/aromatic N) is 4. The van der Waals surface area contributed by atoms with E-state index in [4.69, 9.17) is 9.97 Å². The first kappa shape index (κ1) is 15.8. The number of rotatable bonds is 0. The van der Waals surface area contributed by atoms with Gasteiger partial charge >= 0.3 is 0 Å². The predicted molar refractivity (Wildman–Crippen MR) is 118 cm³/mol. The van der Waals surface area contributed by atoms with E-state index in [2.05, 4.69) is 27.3 Å². The zero-order chi connectivity index (χ0) is 20.8. The van der Waals surface area contributed by atoms with Crippen molar-refractivity contribution in [3.05, 3.63) is 65.2 Å². The van der Waals surface area contributed by atoms with Gasteiger partial charge < -0.3 is 0 Å². The Labute approximate surface area is 176 Å². The number of benzene rings is 3. The molecule has 0 radical (unpaired) electrons. The Morgan fingerprint density at radius 3 is 1.65 bits per heavy atom. The van der Waals surface area contributed by atoms with Crippen molar-refractivity contribution in [3.8, 4) is 11.4 Å². The molecule has 144 valence electrons. The van der Waals surface area contributed by atoms with E-state index >= 15 is 0 Å². The standard InChI is InChI=1S/C24H13BN4O2/c1-10-26-14-8-6-12-18-21(14)28(10)16-4-3-5-17-20(16)25(18)19-13(24(31)23(12)30)7-9-15-22(19)29(17)11(2)27-15/h3-9H,1-2H3. The molecular weight excluding hydrogens is 387 g/mol. The Hall–Kier alpha value is -4.00. The minimum absolute atomic E-state index is 0.203. The van der Waals surface area contributed by atoms with Crippen LogP contribution in [0.25, 0.3) is 33.4 Å². The van der Waals surface area contributed by atoms with Crippen molar-refractivity contribution in [1.82, 2.24) is 19.1 Å². The highest BCUT2D eigenvalue weighted by Crippen LogP contribution is 2.34. The third kappa shape index (κ3) is 1.50. The van der Waals surface area contributed by atoms with Crippen molar-refractivity contribution < 1.29 is 9.59 Å². The van der Waals surface area contributed by atoms with Crippen LogP contribution in [0.5, 0.6) is 0 Å². The summed E-state index contributed by atoms with van der Waals surface area (Å²) in [5.74, 6) is 0.835. The summed E-state index contributed by atoms with van der Waals surface area (Å²) in [7, 11) is 0. The molecule has 0 atom stereocenters. The van der Waals surface area contributed by atoms with Gasteiger partial charge in [-0.25, -0.2) is 9.97 Å². The fraction of sp³-hybridized carbons (Fsp3) is 0.0833. The van der Waals surface area contributed by atoms with Crippen LogP contribution in [0.2, 0.25) is 0 Å². The summed E-state index contributed by atoms with van der Waals surface area (Å²) in [6, 6.07) is 13.6. The zero-order valence-electron chi connectivity index (χ0n) is 16.7. The number of imidazole rings is 2. The van der Waals surface area contributed by atoms with E-state index < -0.39 is 11.6 Å². The Kier molecular flexibility index (Phi) is 2.38. The third-order valence-corrected chi connectivity index (χ3v) is 7.15. The number of hydrogen-bond acceptors (Lipinski definition) is 4. The minimum Gasteiger partial charge on any atom is -0.297 e. The number of aryl methyl sites for hydroxylation is 2. The Balaban J connectivity index is 1.76. The number of Topliss-reactive ketones (excluding diaryl/α,β-unsaturated/α-hetero) is 2. The van der Waals surface area contributed by atoms with Gasteiger partial charge in [0.1, 0.15) is 11.6 Å². The predicted octanol–water partition coefficient (Wildman–Crippen LogP) is 1.50. The zero-order valence-corrected chi connectivity index (χ0v) is 16.7. The molecule has 0 bridgehead atoms. The summed E-state index contributed by atoms with van der Waals surface area (Å²) in [4.78, 5) is 36.4. The summed E-state index contributed by atoms with van der Waals surface area (Å²) in [5.41, 5.74) is 9.52. The maximum atomic E-state index is 13.4. The molecule has 5 heterocycles. The van der Waals surface area contributed by atoms with Crippen LogP contribution in [-0.2, 0) is 0 Å². The molecule has 6 nitrogen and oxygen atoms in total. The molecule has 3 aromatic carbocycles. The molecule has 0 aliphatic carbocycles. The fourth-order valence-corrected chi connectivity index (χ4v) is 6.09. The van der Waals surface area contributed by atoms with Crippen LogP contribution in [-0.4, -0.2) is 37.4 Å². The lowest BCUT2D eigenvalue weighted by atomic mass is 9.33. The average molecular weight is 400 g/mol. The van der Waals surface area contributed by atoms with E-state index in [0.717, 1.165) is 61.5 Å². The van der Waals surface area contributed by atoms with Gasteiger partial charge in [-0.05, 0) is 66.6 Å². The van der Waals surface area contributed by atoms with Crippen LogP contribution >= 0.6 is 0 Å². The van der Waals surface area contributed by atoms with E-state index in [1.165, 1.54) is 0 Å². The molecule has 0 amide bonds. The highest BCUT2D eigenvalue weighted by molar-refractivity contribution is 7.02. The topological polar surface area (TPSA) is 69.8 Å². The Morgan fingerprint density at radius 2 is 1.16 bits per heavy atom. The van der Waals surface area contributed by atoms with Gasteiger partial charge in [-0.15, -0.1) is 0 Å².